The highest BCUT2D eigenvalue weighted by atomic mass is 16.2. The van der Waals surface area contributed by atoms with Gasteiger partial charge < -0.3 is 10.4 Å². The molecule has 0 spiro atoms. The van der Waals surface area contributed by atoms with Crippen molar-refractivity contribution >= 4 is 5.91 Å². The molecule has 0 radical (unpaired) electrons. The van der Waals surface area contributed by atoms with E-state index in [9.17, 15) is 4.79 Å². The minimum atomic E-state index is -0.181. The number of rotatable bonds is 5. The number of hydrogen-bond donors (Lipinski definition) is 2. The Morgan fingerprint density at radius 2 is 1.86 bits per heavy atom. The Morgan fingerprint density at radius 3 is 2.38 bits per heavy atom. The van der Waals surface area contributed by atoms with E-state index in [0.717, 1.165) is 30.4 Å². The molecule has 0 aliphatic carbocycles. The maximum Gasteiger partial charge on any atom is 0.252 e. The van der Waals surface area contributed by atoms with E-state index in [-0.39, 0.29) is 18.1 Å². The summed E-state index contributed by atoms with van der Waals surface area (Å²) in [6.45, 7) is 8.04. The maximum atomic E-state index is 12.6. The van der Waals surface area contributed by atoms with Gasteiger partial charge in [-0.1, -0.05) is 38.7 Å². The van der Waals surface area contributed by atoms with Crippen LogP contribution in [0.25, 0.3) is 0 Å². The van der Waals surface area contributed by atoms with Gasteiger partial charge in [0.1, 0.15) is 6.61 Å². The van der Waals surface area contributed by atoms with E-state index in [1.807, 2.05) is 19.1 Å². The summed E-state index contributed by atoms with van der Waals surface area (Å²) in [6, 6.07) is 5.54. The molecule has 0 bridgehead atoms. The predicted octanol–water partition coefficient (Wildman–Crippen LogP) is 3.04. The molecule has 0 heterocycles. The molecular formula is C18H25NO2. The van der Waals surface area contributed by atoms with E-state index in [0.29, 0.717) is 5.56 Å². The van der Waals surface area contributed by atoms with Crippen molar-refractivity contribution in [3.05, 3.63) is 34.9 Å². The fraction of sp³-hybridized carbons (Fsp3) is 0.500. The van der Waals surface area contributed by atoms with Crippen molar-refractivity contribution in [3.63, 3.8) is 0 Å². The van der Waals surface area contributed by atoms with Gasteiger partial charge in [0.15, 0.2) is 0 Å². The zero-order valence-electron chi connectivity index (χ0n) is 13.4. The van der Waals surface area contributed by atoms with Crippen molar-refractivity contribution in [1.82, 2.24) is 5.32 Å². The number of aliphatic hydroxyl groups excluding tert-OH is 1. The molecule has 21 heavy (non-hydrogen) atoms. The fourth-order valence-corrected chi connectivity index (χ4v) is 2.41. The van der Waals surface area contributed by atoms with Crippen LogP contribution in [-0.2, 0) is 0 Å². The number of amides is 1. The lowest BCUT2D eigenvalue weighted by atomic mass is 9.89. The molecule has 0 fully saturated rings. The average Bonchev–Trinajstić information content (AvgIpc) is 2.51. The average molecular weight is 287 g/mol. The number of hydrogen-bond acceptors (Lipinski definition) is 2. The molecule has 1 amide bonds. The largest absolute Gasteiger partial charge is 0.384 e. The Morgan fingerprint density at radius 1 is 1.24 bits per heavy atom. The quantitative estimate of drug-likeness (QED) is 0.818. The molecule has 3 heteroatoms. The van der Waals surface area contributed by atoms with Crippen molar-refractivity contribution in [2.45, 2.75) is 52.5 Å². The molecule has 0 atom stereocenters. The summed E-state index contributed by atoms with van der Waals surface area (Å²) in [7, 11) is 0. The van der Waals surface area contributed by atoms with Gasteiger partial charge in [-0.25, -0.2) is 0 Å². The van der Waals surface area contributed by atoms with E-state index in [4.69, 9.17) is 5.11 Å². The van der Waals surface area contributed by atoms with Crippen LogP contribution in [0.3, 0.4) is 0 Å². The zero-order chi connectivity index (χ0) is 15.9. The molecule has 0 saturated heterocycles. The second-order valence-corrected chi connectivity index (χ2v) is 5.28. The van der Waals surface area contributed by atoms with Gasteiger partial charge in [-0.15, -0.1) is 0 Å². The summed E-state index contributed by atoms with van der Waals surface area (Å²) in [5, 5.41) is 11.9. The predicted molar refractivity (Wildman–Crippen MR) is 86.2 cm³/mol. The van der Waals surface area contributed by atoms with Crippen molar-refractivity contribution in [2.24, 2.45) is 0 Å². The molecule has 1 aromatic carbocycles. The number of nitrogens with one attached hydrogen (secondary N) is 1. The van der Waals surface area contributed by atoms with Crippen LogP contribution in [0.15, 0.2) is 18.2 Å². The van der Waals surface area contributed by atoms with Crippen molar-refractivity contribution < 1.29 is 9.90 Å². The molecule has 0 unspecified atom stereocenters. The zero-order valence-corrected chi connectivity index (χ0v) is 13.4. The Labute approximate surface area is 127 Å². The van der Waals surface area contributed by atoms with Gasteiger partial charge in [0, 0.05) is 16.7 Å². The first-order chi connectivity index (χ1) is 10.0. The molecule has 0 aliphatic heterocycles. The van der Waals surface area contributed by atoms with Gasteiger partial charge in [-0.05, 0) is 43.9 Å². The van der Waals surface area contributed by atoms with Gasteiger partial charge in [0.25, 0.3) is 5.91 Å². The van der Waals surface area contributed by atoms with Crippen LogP contribution < -0.4 is 5.32 Å². The minimum absolute atomic E-state index is 0.0503. The Hall–Kier alpha value is -1.79. The monoisotopic (exact) mass is 287 g/mol. The third-order valence-corrected chi connectivity index (χ3v) is 4.20. The first-order valence-electron chi connectivity index (χ1n) is 7.54. The van der Waals surface area contributed by atoms with Crippen LogP contribution in [0.1, 0.15) is 61.5 Å². The molecule has 3 nitrogen and oxygen atoms in total. The van der Waals surface area contributed by atoms with E-state index < -0.39 is 0 Å². The highest BCUT2D eigenvalue weighted by Gasteiger charge is 2.26. The number of carbonyl (C=O) groups is 1. The highest BCUT2D eigenvalue weighted by Crippen LogP contribution is 2.21. The van der Waals surface area contributed by atoms with E-state index in [1.165, 1.54) is 0 Å². The molecule has 2 N–H and O–H groups in total. The van der Waals surface area contributed by atoms with Crippen molar-refractivity contribution in [2.75, 3.05) is 6.61 Å². The van der Waals surface area contributed by atoms with Gasteiger partial charge in [0.2, 0.25) is 0 Å². The van der Waals surface area contributed by atoms with E-state index in [1.54, 1.807) is 6.07 Å². The number of benzene rings is 1. The van der Waals surface area contributed by atoms with Gasteiger partial charge >= 0.3 is 0 Å². The third-order valence-electron chi connectivity index (χ3n) is 4.20. The molecule has 0 aliphatic rings. The summed E-state index contributed by atoms with van der Waals surface area (Å²) in [5.41, 5.74) is 2.18. The minimum Gasteiger partial charge on any atom is -0.384 e. The summed E-state index contributed by atoms with van der Waals surface area (Å²) in [5.74, 6) is 5.40. The van der Waals surface area contributed by atoms with Crippen molar-refractivity contribution in [1.29, 1.82) is 0 Å². The Bertz CT molecular complexity index is 540. The van der Waals surface area contributed by atoms with Crippen LogP contribution in [0.2, 0.25) is 0 Å². The topological polar surface area (TPSA) is 49.3 Å². The molecular weight excluding hydrogens is 262 g/mol. The maximum absolute atomic E-state index is 12.6. The highest BCUT2D eigenvalue weighted by molar-refractivity contribution is 5.96. The lowest BCUT2D eigenvalue weighted by Gasteiger charge is -2.32. The fourth-order valence-electron chi connectivity index (χ4n) is 2.41. The van der Waals surface area contributed by atoms with Crippen LogP contribution in [-0.4, -0.2) is 23.2 Å². The van der Waals surface area contributed by atoms with Crippen LogP contribution in [0.5, 0.6) is 0 Å². The smallest absolute Gasteiger partial charge is 0.252 e. The molecule has 0 saturated carbocycles. The second-order valence-electron chi connectivity index (χ2n) is 5.28. The number of aryl methyl sites for hydroxylation is 1. The molecule has 0 aromatic heterocycles. The first-order valence-corrected chi connectivity index (χ1v) is 7.54. The standard InChI is InChI=1S/C18H25NO2/c1-5-18(6-2,7-3)19-17(21)16-13-15(9-8-12-20)11-10-14(16)4/h10-11,13,20H,5-7,12H2,1-4H3,(H,19,21). The van der Waals surface area contributed by atoms with Gasteiger partial charge in [0.05, 0.1) is 0 Å². The summed E-state index contributed by atoms with van der Waals surface area (Å²) < 4.78 is 0. The molecule has 1 rings (SSSR count). The molecule has 1 aromatic rings. The van der Waals surface area contributed by atoms with Gasteiger partial charge in [-0.3, -0.25) is 4.79 Å². The summed E-state index contributed by atoms with van der Waals surface area (Å²) >= 11 is 0. The lowest BCUT2D eigenvalue weighted by molar-refractivity contribution is 0.0887. The SMILES string of the molecule is CCC(CC)(CC)NC(=O)c1cc(C#CCO)ccc1C. The van der Waals surface area contributed by atoms with Crippen LogP contribution in [0.4, 0.5) is 0 Å². The number of aliphatic hydroxyl groups is 1. The Kier molecular flexibility index (Phi) is 6.45. The first kappa shape index (κ1) is 17.3. The number of carbonyl (C=O) groups excluding carboxylic acids is 1. The van der Waals surface area contributed by atoms with E-state index in [2.05, 4.69) is 37.9 Å². The van der Waals surface area contributed by atoms with Crippen LogP contribution >= 0.6 is 0 Å². The van der Waals surface area contributed by atoms with Gasteiger partial charge in [-0.2, -0.15) is 0 Å². The second kappa shape index (κ2) is 7.85. The normalized spacial score (nSPS) is 10.7. The summed E-state index contributed by atoms with van der Waals surface area (Å²) in [4.78, 5) is 12.6. The summed E-state index contributed by atoms with van der Waals surface area (Å²) in [6.07, 6.45) is 2.73. The lowest BCUT2D eigenvalue weighted by Crippen LogP contribution is -2.47. The third kappa shape index (κ3) is 4.34. The molecule has 114 valence electrons. The Balaban J connectivity index is 3.06. The van der Waals surface area contributed by atoms with E-state index >= 15 is 0 Å². The van der Waals surface area contributed by atoms with Crippen LogP contribution in [0, 0.1) is 18.8 Å². The van der Waals surface area contributed by atoms with Crippen molar-refractivity contribution in [3.8, 4) is 11.8 Å².